The van der Waals surface area contributed by atoms with Crippen molar-refractivity contribution in [1.29, 1.82) is 0 Å². The number of aromatic nitrogens is 4. The highest BCUT2D eigenvalue weighted by atomic mass is 32.2. The first-order valence-electron chi connectivity index (χ1n) is 8.57. The summed E-state index contributed by atoms with van der Waals surface area (Å²) in [5.41, 5.74) is 2.28. The molecule has 0 aliphatic rings. The molecule has 10 heteroatoms. The summed E-state index contributed by atoms with van der Waals surface area (Å²) in [7, 11) is -3.63. The van der Waals surface area contributed by atoms with E-state index >= 15 is 0 Å². The van der Waals surface area contributed by atoms with Crippen molar-refractivity contribution >= 4 is 21.6 Å². The minimum Gasteiger partial charge on any atom is -0.326 e. The molecule has 9 nitrogen and oxygen atoms in total. The number of carbonyl (C=O) groups is 1. The molecule has 3 rings (SSSR count). The summed E-state index contributed by atoms with van der Waals surface area (Å²) < 4.78 is 28.3. The molecule has 0 aliphatic carbocycles. The van der Waals surface area contributed by atoms with E-state index in [2.05, 4.69) is 25.6 Å². The molecular weight excluding hydrogens is 380 g/mol. The molecular formula is C18H20N6O3S. The van der Waals surface area contributed by atoms with Gasteiger partial charge in [0.05, 0.1) is 10.6 Å². The van der Waals surface area contributed by atoms with Gasteiger partial charge in [-0.05, 0) is 54.1 Å². The van der Waals surface area contributed by atoms with Gasteiger partial charge in [0.25, 0.3) is 0 Å². The number of amides is 1. The number of anilines is 1. The van der Waals surface area contributed by atoms with Crippen LogP contribution in [-0.2, 0) is 14.8 Å². The zero-order chi connectivity index (χ0) is 20.1. The van der Waals surface area contributed by atoms with Crippen molar-refractivity contribution < 1.29 is 13.2 Å². The molecule has 0 fully saturated rings. The molecule has 0 aliphatic heterocycles. The summed E-state index contributed by atoms with van der Waals surface area (Å²) in [4.78, 5) is 12.4. The van der Waals surface area contributed by atoms with Crippen LogP contribution in [0.25, 0.3) is 5.69 Å². The van der Waals surface area contributed by atoms with Crippen LogP contribution in [0, 0.1) is 13.8 Å². The molecule has 0 saturated heterocycles. The fourth-order valence-electron chi connectivity index (χ4n) is 2.58. The number of nitrogens with one attached hydrogen (secondary N) is 2. The molecule has 0 radical (unpaired) electrons. The molecule has 0 unspecified atom stereocenters. The van der Waals surface area contributed by atoms with Crippen LogP contribution in [0.2, 0.25) is 0 Å². The third-order valence-corrected chi connectivity index (χ3v) is 5.52. The number of nitrogens with zero attached hydrogens (tertiary/aromatic N) is 4. The third-order valence-electron chi connectivity index (χ3n) is 4.04. The number of sulfonamides is 1. The first-order valence-corrected chi connectivity index (χ1v) is 10.1. The summed E-state index contributed by atoms with van der Waals surface area (Å²) in [6.45, 7) is 3.69. The van der Waals surface area contributed by atoms with E-state index in [1.165, 1.54) is 12.1 Å². The van der Waals surface area contributed by atoms with Crippen LogP contribution < -0.4 is 10.0 Å². The van der Waals surface area contributed by atoms with Gasteiger partial charge in [-0.2, -0.15) is 4.68 Å². The Hall–Kier alpha value is -3.11. The van der Waals surface area contributed by atoms with Gasteiger partial charge in [-0.1, -0.05) is 24.3 Å². The number of benzene rings is 2. The Kier molecular flexibility index (Phi) is 5.81. The van der Waals surface area contributed by atoms with Crippen LogP contribution in [0.3, 0.4) is 0 Å². The van der Waals surface area contributed by atoms with Crippen molar-refractivity contribution in [3.63, 3.8) is 0 Å². The zero-order valence-electron chi connectivity index (χ0n) is 15.5. The van der Waals surface area contributed by atoms with E-state index in [0.29, 0.717) is 11.5 Å². The van der Waals surface area contributed by atoms with Crippen LogP contribution >= 0.6 is 0 Å². The fraction of sp³-hybridized carbons (Fsp3) is 0.222. The molecule has 0 saturated carbocycles. The van der Waals surface area contributed by atoms with E-state index in [9.17, 15) is 13.2 Å². The first kappa shape index (κ1) is 19.6. The summed E-state index contributed by atoms with van der Waals surface area (Å²) in [5.74, 6) is 0.320. The van der Waals surface area contributed by atoms with Gasteiger partial charge in [-0.25, -0.2) is 13.1 Å². The Morgan fingerprint density at radius 1 is 1.11 bits per heavy atom. The Morgan fingerprint density at radius 3 is 2.54 bits per heavy atom. The SMILES string of the molecule is Cc1ccc(NC(=O)CCNS(=O)(=O)c2ccccc2)cc1-n1nnnc1C. The third kappa shape index (κ3) is 4.59. The Morgan fingerprint density at radius 2 is 1.86 bits per heavy atom. The predicted octanol–water partition coefficient (Wildman–Crippen LogP) is 1.59. The highest BCUT2D eigenvalue weighted by Crippen LogP contribution is 2.19. The van der Waals surface area contributed by atoms with Crippen molar-refractivity contribution in [2.45, 2.75) is 25.2 Å². The largest absolute Gasteiger partial charge is 0.326 e. The normalized spacial score (nSPS) is 11.4. The van der Waals surface area contributed by atoms with Gasteiger partial charge in [0.15, 0.2) is 5.82 Å². The number of hydrogen-bond donors (Lipinski definition) is 2. The minimum absolute atomic E-state index is 0.000811. The van der Waals surface area contributed by atoms with E-state index in [1.807, 2.05) is 13.0 Å². The topological polar surface area (TPSA) is 119 Å². The van der Waals surface area contributed by atoms with Crippen molar-refractivity contribution in [1.82, 2.24) is 24.9 Å². The van der Waals surface area contributed by atoms with Gasteiger partial charge < -0.3 is 5.32 Å². The molecule has 0 bridgehead atoms. The number of aryl methyl sites for hydroxylation is 2. The number of rotatable bonds is 7. The second-order valence-electron chi connectivity index (χ2n) is 6.15. The average molecular weight is 400 g/mol. The highest BCUT2D eigenvalue weighted by molar-refractivity contribution is 7.89. The number of carbonyl (C=O) groups excluding carboxylic acids is 1. The molecule has 146 valence electrons. The summed E-state index contributed by atoms with van der Waals surface area (Å²) >= 11 is 0. The molecule has 1 aromatic heterocycles. The van der Waals surface area contributed by atoms with Gasteiger partial charge in [-0.3, -0.25) is 4.79 Å². The van der Waals surface area contributed by atoms with Crippen LogP contribution in [-0.4, -0.2) is 41.1 Å². The van der Waals surface area contributed by atoms with E-state index < -0.39 is 10.0 Å². The lowest BCUT2D eigenvalue weighted by molar-refractivity contribution is -0.116. The lowest BCUT2D eigenvalue weighted by Gasteiger charge is -2.11. The Balaban J connectivity index is 1.61. The number of tetrazole rings is 1. The van der Waals surface area contributed by atoms with Crippen molar-refractivity contribution in [3.05, 3.63) is 59.9 Å². The van der Waals surface area contributed by atoms with Gasteiger partial charge >= 0.3 is 0 Å². The average Bonchev–Trinajstić information content (AvgIpc) is 3.09. The predicted molar refractivity (Wildman–Crippen MR) is 104 cm³/mol. The van der Waals surface area contributed by atoms with E-state index in [-0.39, 0.29) is 23.8 Å². The maximum atomic E-state index is 12.2. The van der Waals surface area contributed by atoms with E-state index in [1.54, 1.807) is 41.9 Å². The second-order valence-corrected chi connectivity index (χ2v) is 7.92. The highest BCUT2D eigenvalue weighted by Gasteiger charge is 2.14. The lowest BCUT2D eigenvalue weighted by atomic mass is 10.1. The van der Waals surface area contributed by atoms with Crippen molar-refractivity contribution in [2.75, 3.05) is 11.9 Å². The lowest BCUT2D eigenvalue weighted by Crippen LogP contribution is -2.27. The first-order chi connectivity index (χ1) is 13.4. The van der Waals surface area contributed by atoms with Crippen LogP contribution in [0.5, 0.6) is 0 Å². The molecule has 1 heterocycles. The van der Waals surface area contributed by atoms with Crippen molar-refractivity contribution in [3.8, 4) is 5.69 Å². The number of hydrogen-bond acceptors (Lipinski definition) is 6. The van der Waals surface area contributed by atoms with Crippen LogP contribution in [0.1, 0.15) is 17.8 Å². The summed E-state index contributed by atoms with van der Waals surface area (Å²) in [6, 6.07) is 13.4. The monoisotopic (exact) mass is 400 g/mol. The van der Waals surface area contributed by atoms with Crippen LogP contribution in [0.15, 0.2) is 53.4 Å². The maximum absolute atomic E-state index is 12.2. The smallest absolute Gasteiger partial charge is 0.240 e. The molecule has 2 N–H and O–H groups in total. The second kappa shape index (κ2) is 8.28. The van der Waals surface area contributed by atoms with Gasteiger partial charge in [0.2, 0.25) is 15.9 Å². The minimum atomic E-state index is -3.63. The zero-order valence-corrected chi connectivity index (χ0v) is 16.3. The Labute approximate surface area is 162 Å². The van der Waals surface area contributed by atoms with Gasteiger partial charge in [0.1, 0.15) is 0 Å². The maximum Gasteiger partial charge on any atom is 0.240 e. The summed E-state index contributed by atoms with van der Waals surface area (Å²) in [6.07, 6.45) is -0.000811. The fourth-order valence-corrected chi connectivity index (χ4v) is 3.63. The standard InChI is InChI=1S/C18H20N6O3S/c1-13-8-9-15(12-17(13)24-14(2)21-22-23-24)20-18(25)10-11-19-28(26,27)16-6-4-3-5-7-16/h3-9,12,19H,10-11H2,1-2H3,(H,20,25). The Bertz CT molecular complexity index is 1080. The molecule has 3 aromatic rings. The molecule has 2 aromatic carbocycles. The molecule has 0 atom stereocenters. The van der Waals surface area contributed by atoms with Gasteiger partial charge in [-0.15, -0.1) is 5.10 Å². The van der Waals surface area contributed by atoms with E-state index in [4.69, 9.17) is 0 Å². The molecule has 28 heavy (non-hydrogen) atoms. The molecule has 0 spiro atoms. The van der Waals surface area contributed by atoms with Gasteiger partial charge in [0, 0.05) is 18.7 Å². The quantitative estimate of drug-likeness (QED) is 0.622. The summed E-state index contributed by atoms with van der Waals surface area (Å²) in [5, 5.41) is 14.2. The van der Waals surface area contributed by atoms with E-state index in [0.717, 1.165) is 11.3 Å². The van der Waals surface area contributed by atoms with Crippen molar-refractivity contribution in [2.24, 2.45) is 0 Å². The molecule has 1 amide bonds. The van der Waals surface area contributed by atoms with Crippen LogP contribution in [0.4, 0.5) is 5.69 Å².